The number of fused-ring (bicyclic) bond motifs is 1. The highest BCUT2D eigenvalue weighted by atomic mass is 32.1. The SMILES string of the molecule is Nc1ccc(NC(=O)Cc2cccs2)c2cccnc12. The van der Waals surface area contributed by atoms with Gasteiger partial charge in [0.15, 0.2) is 0 Å². The van der Waals surface area contributed by atoms with Crippen molar-refractivity contribution >= 4 is 39.5 Å². The summed E-state index contributed by atoms with van der Waals surface area (Å²) in [5.41, 5.74) is 7.95. The maximum Gasteiger partial charge on any atom is 0.229 e. The number of nitrogens with one attached hydrogen (secondary N) is 1. The standard InChI is InChI=1S/C15H13N3OS/c16-12-5-6-13(11-4-1-7-17-15(11)12)18-14(19)9-10-3-2-8-20-10/h1-8H,9,16H2,(H,18,19). The van der Waals surface area contributed by atoms with E-state index in [-0.39, 0.29) is 5.91 Å². The van der Waals surface area contributed by atoms with Crippen molar-refractivity contribution in [3.8, 4) is 0 Å². The number of anilines is 2. The Labute approximate surface area is 120 Å². The van der Waals surface area contributed by atoms with Gasteiger partial charge in [-0.1, -0.05) is 6.07 Å². The summed E-state index contributed by atoms with van der Waals surface area (Å²) in [7, 11) is 0. The number of benzene rings is 1. The number of amides is 1. The minimum atomic E-state index is -0.0395. The second-order valence-corrected chi connectivity index (χ2v) is 5.44. The number of hydrogen-bond acceptors (Lipinski definition) is 4. The molecule has 1 amide bonds. The van der Waals surface area contributed by atoms with Crippen molar-refractivity contribution < 1.29 is 4.79 Å². The third kappa shape index (κ3) is 2.48. The quantitative estimate of drug-likeness (QED) is 0.726. The number of nitrogens with two attached hydrogens (primary N) is 1. The fraction of sp³-hybridized carbons (Fsp3) is 0.0667. The molecule has 0 fully saturated rings. The molecular weight excluding hydrogens is 270 g/mol. The molecule has 3 rings (SSSR count). The number of aromatic nitrogens is 1. The van der Waals surface area contributed by atoms with Gasteiger partial charge in [0.1, 0.15) is 0 Å². The molecule has 0 atom stereocenters. The Bertz CT molecular complexity index is 753. The predicted octanol–water partition coefficient (Wildman–Crippen LogP) is 3.06. The Morgan fingerprint density at radius 3 is 2.95 bits per heavy atom. The molecule has 2 aromatic heterocycles. The minimum absolute atomic E-state index is 0.0395. The minimum Gasteiger partial charge on any atom is -0.397 e. The summed E-state index contributed by atoms with van der Waals surface area (Å²) >= 11 is 1.57. The van der Waals surface area contributed by atoms with Gasteiger partial charge in [-0.05, 0) is 35.7 Å². The molecule has 4 nitrogen and oxygen atoms in total. The Balaban J connectivity index is 1.87. The number of carbonyl (C=O) groups excluding carboxylic acids is 1. The first-order valence-corrected chi connectivity index (χ1v) is 7.07. The smallest absolute Gasteiger partial charge is 0.229 e. The van der Waals surface area contributed by atoms with E-state index in [1.165, 1.54) is 0 Å². The highest BCUT2D eigenvalue weighted by Gasteiger charge is 2.09. The first-order chi connectivity index (χ1) is 9.74. The predicted molar refractivity (Wildman–Crippen MR) is 82.8 cm³/mol. The molecule has 0 aliphatic carbocycles. The molecule has 100 valence electrons. The zero-order valence-corrected chi connectivity index (χ0v) is 11.5. The van der Waals surface area contributed by atoms with Gasteiger partial charge in [-0.15, -0.1) is 11.3 Å². The topological polar surface area (TPSA) is 68.0 Å². The van der Waals surface area contributed by atoms with Crippen LogP contribution >= 0.6 is 11.3 Å². The highest BCUT2D eigenvalue weighted by Crippen LogP contribution is 2.26. The van der Waals surface area contributed by atoms with Crippen LogP contribution in [0.5, 0.6) is 0 Å². The van der Waals surface area contributed by atoms with Crippen LogP contribution in [-0.2, 0) is 11.2 Å². The molecule has 0 saturated heterocycles. The van der Waals surface area contributed by atoms with E-state index in [1.807, 2.05) is 35.7 Å². The molecule has 0 bridgehead atoms. The molecular formula is C15H13N3OS. The van der Waals surface area contributed by atoms with E-state index in [4.69, 9.17) is 5.73 Å². The normalized spacial score (nSPS) is 10.6. The molecule has 0 spiro atoms. The van der Waals surface area contributed by atoms with Gasteiger partial charge < -0.3 is 11.1 Å². The fourth-order valence-corrected chi connectivity index (χ4v) is 2.77. The Hall–Kier alpha value is -2.40. The Morgan fingerprint density at radius 2 is 2.15 bits per heavy atom. The summed E-state index contributed by atoms with van der Waals surface area (Å²) in [6, 6.07) is 11.2. The van der Waals surface area contributed by atoms with Crippen LogP contribution in [0.25, 0.3) is 10.9 Å². The van der Waals surface area contributed by atoms with Gasteiger partial charge in [-0.2, -0.15) is 0 Å². The zero-order chi connectivity index (χ0) is 13.9. The van der Waals surface area contributed by atoms with Crippen molar-refractivity contribution in [3.05, 3.63) is 52.9 Å². The molecule has 5 heteroatoms. The maximum absolute atomic E-state index is 12.1. The summed E-state index contributed by atoms with van der Waals surface area (Å²) < 4.78 is 0. The van der Waals surface area contributed by atoms with E-state index in [0.29, 0.717) is 17.6 Å². The summed E-state index contributed by atoms with van der Waals surface area (Å²) in [5.74, 6) is -0.0395. The lowest BCUT2D eigenvalue weighted by atomic mass is 10.1. The molecule has 3 aromatic rings. The number of carbonyl (C=O) groups is 1. The molecule has 20 heavy (non-hydrogen) atoms. The Morgan fingerprint density at radius 1 is 1.25 bits per heavy atom. The van der Waals surface area contributed by atoms with Crippen molar-refractivity contribution in [3.63, 3.8) is 0 Å². The number of thiophene rings is 1. The highest BCUT2D eigenvalue weighted by molar-refractivity contribution is 7.10. The second kappa shape index (κ2) is 5.30. The first-order valence-electron chi connectivity index (χ1n) is 6.19. The van der Waals surface area contributed by atoms with Gasteiger partial charge in [0.2, 0.25) is 5.91 Å². The van der Waals surface area contributed by atoms with Gasteiger partial charge in [-0.25, -0.2) is 0 Å². The van der Waals surface area contributed by atoms with Crippen LogP contribution in [0.4, 0.5) is 11.4 Å². The average Bonchev–Trinajstić information content (AvgIpc) is 2.95. The molecule has 3 N–H and O–H groups in total. The average molecular weight is 283 g/mol. The van der Waals surface area contributed by atoms with Crippen LogP contribution in [0.3, 0.4) is 0 Å². The van der Waals surface area contributed by atoms with Crippen LogP contribution in [0.15, 0.2) is 48.0 Å². The molecule has 2 heterocycles. The summed E-state index contributed by atoms with van der Waals surface area (Å²) in [5, 5.41) is 5.74. The van der Waals surface area contributed by atoms with Crippen LogP contribution in [-0.4, -0.2) is 10.9 Å². The van der Waals surface area contributed by atoms with Gasteiger partial charge in [0.25, 0.3) is 0 Å². The number of hydrogen-bond donors (Lipinski definition) is 2. The Kier molecular flexibility index (Phi) is 3.35. The van der Waals surface area contributed by atoms with Crippen molar-refractivity contribution in [2.75, 3.05) is 11.1 Å². The monoisotopic (exact) mass is 283 g/mol. The number of nitrogens with zero attached hydrogens (tertiary/aromatic N) is 1. The van der Waals surface area contributed by atoms with E-state index < -0.39 is 0 Å². The number of pyridine rings is 1. The molecule has 0 unspecified atom stereocenters. The second-order valence-electron chi connectivity index (χ2n) is 4.41. The van der Waals surface area contributed by atoms with Crippen LogP contribution < -0.4 is 11.1 Å². The van der Waals surface area contributed by atoms with Crippen molar-refractivity contribution in [2.45, 2.75) is 6.42 Å². The van der Waals surface area contributed by atoms with Crippen molar-refractivity contribution in [1.29, 1.82) is 0 Å². The fourth-order valence-electron chi connectivity index (χ4n) is 2.07. The lowest BCUT2D eigenvalue weighted by molar-refractivity contribution is -0.115. The van der Waals surface area contributed by atoms with E-state index in [1.54, 1.807) is 23.6 Å². The van der Waals surface area contributed by atoms with E-state index in [0.717, 1.165) is 16.0 Å². The summed E-state index contributed by atoms with van der Waals surface area (Å²) in [4.78, 5) is 17.3. The third-order valence-corrected chi connectivity index (χ3v) is 3.87. The molecule has 0 aliphatic rings. The van der Waals surface area contributed by atoms with Gasteiger partial charge in [-0.3, -0.25) is 9.78 Å². The molecule has 0 aliphatic heterocycles. The molecule has 0 saturated carbocycles. The maximum atomic E-state index is 12.1. The van der Waals surface area contributed by atoms with Crippen LogP contribution in [0.1, 0.15) is 4.88 Å². The number of rotatable bonds is 3. The summed E-state index contributed by atoms with van der Waals surface area (Å²) in [6.45, 7) is 0. The van der Waals surface area contributed by atoms with Gasteiger partial charge in [0, 0.05) is 16.5 Å². The van der Waals surface area contributed by atoms with E-state index >= 15 is 0 Å². The van der Waals surface area contributed by atoms with E-state index in [2.05, 4.69) is 10.3 Å². The first kappa shape index (κ1) is 12.6. The number of nitrogen functional groups attached to an aromatic ring is 1. The van der Waals surface area contributed by atoms with Gasteiger partial charge in [0.05, 0.1) is 23.3 Å². The third-order valence-electron chi connectivity index (χ3n) is 2.99. The zero-order valence-electron chi connectivity index (χ0n) is 10.7. The molecule has 1 aromatic carbocycles. The lowest BCUT2D eigenvalue weighted by Gasteiger charge is -2.09. The van der Waals surface area contributed by atoms with Crippen LogP contribution in [0, 0.1) is 0 Å². The van der Waals surface area contributed by atoms with Crippen molar-refractivity contribution in [2.24, 2.45) is 0 Å². The van der Waals surface area contributed by atoms with Gasteiger partial charge >= 0.3 is 0 Å². The lowest BCUT2D eigenvalue weighted by Crippen LogP contribution is -2.14. The molecule has 0 radical (unpaired) electrons. The van der Waals surface area contributed by atoms with E-state index in [9.17, 15) is 4.79 Å². The largest absolute Gasteiger partial charge is 0.397 e. The van der Waals surface area contributed by atoms with Crippen LogP contribution in [0.2, 0.25) is 0 Å². The van der Waals surface area contributed by atoms with Crippen molar-refractivity contribution in [1.82, 2.24) is 4.98 Å². The summed E-state index contributed by atoms with van der Waals surface area (Å²) in [6.07, 6.45) is 2.07.